The van der Waals surface area contributed by atoms with Crippen LogP contribution in [0.5, 0.6) is 0 Å². The number of benzene rings is 1. The van der Waals surface area contributed by atoms with Crippen molar-refractivity contribution in [2.45, 2.75) is 46.5 Å². The maximum atomic E-state index is 11.2. The lowest BCUT2D eigenvalue weighted by Crippen LogP contribution is -2.39. The number of hydrogen-bond donors (Lipinski definition) is 1. The molecule has 0 spiro atoms. The molecule has 0 unspecified atom stereocenters. The minimum Gasteiger partial charge on any atom is -0.481 e. The van der Waals surface area contributed by atoms with Gasteiger partial charge in [0, 0.05) is 0 Å². The Morgan fingerprint density at radius 1 is 1.35 bits per heavy atom. The van der Waals surface area contributed by atoms with Crippen LogP contribution in [0.1, 0.15) is 44.2 Å². The Labute approximate surface area is 104 Å². The average molecular weight is 234 g/mol. The molecular weight excluding hydrogens is 212 g/mol. The molecular formula is C15H22O2. The molecule has 1 saturated carbocycles. The van der Waals surface area contributed by atoms with E-state index in [0.717, 1.165) is 24.8 Å². The molecule has 1 aromatic rings. The van der Waals surface area contributed by atoms with Crippen LogP contribution in [-0.4, -0.2) is 11.1 Å². The maximum absolute atomic E-state index is 11.2. The van der Waals surface area contributed by atoms with Crippen LogP contribution < -0.4 is 0 Å². The van der Waals surface area contributed by atoms with Crippen molar-refractivity contribution < 1.29 is 9.90 Å². The molecule has 2 nitrogen and oxygen atoms in total. The van der Waals surface area contributed by atoms with Crippen LogP contribution in [0.15, 0.2) is 24.3 Å². The first-order valence-corrected chi connectivity index (χ1v) is 6.41. The van der Waals surface area contributed by atoms with Gasteiger partial charge < -0.3 is 5.11 Å². The van der Waals surface area contributed by atoms with Crippen molar-refractivity contribution in [3.8, 4) is 0 Å². The van der Waals surface area contributed by atoms with Crippen LogP contribution in [0.25, 0.3) is 0 Å². The van der Waals surface area contributed by atoms with E-state index < -0.39 is 11.4 Å². The van der Waals surface area contributed by atoms with E-state index in [2.05, 4.69) is 6.07 Å². The van der Waals surface area contributed by atoms with Gasteiger partial charge in [0.1, 0.15) is 0 Å². The van der Waals surface area contributed by atoms with Crippen molar-refractivity contribution in [2.75, 3.05) is 0 Å². The molecule has 2 heteroatoms. The second-order valence-electron chi connectivity index (χ2n) is 4.60. The lowest BCUT2D eigenvalue weighted by Gasteiger charge is -2.37. The first-order chi connectivity index (χ1) is 8.12. The van der Waals surface area contributed by atoms with Crippen LogP contribution in [0.3, 0.4) is 0 Å². The number of hydrogen-bond acceptors (Lipinski definition) is 1. The summed E-state index contributed by atoms with van der Waals surface area (Å²) in [6.07, 6.45) is 3.40. The summed E-state index contributed by atoms with van der Waals surface area (Å²) in [5.41, 5.74) is 1.89. The standard InChI is InChI=1S/C13H16O2.C2H6/c1-10-4-2-5-11(8-10)9-13(12(14)15)6-3-7-13;1-2/h2,4-5,8H,3,6-7,9H2,1H3,(H,14,15);1-2H3. The van der Waals surface area contributed by atoms with Gasteiger partial charge in [0.2, 0.25) is 0 Å². The maximum Gasteiger partial charge on any atom is 0.309 e. The predicted molar refractivity (Wildman–Crippen MR) is 70.2 cm³/mol. The Kier molecular flexibility index (Phi) is 4.73. The number of aliphatic carboxylic acids is 1. The van der Waals surface area contributed by atoms with Crippen molar-refractivity contribution >= 4 is 5.97 Å². The van der Waals surface area contributed by atoms with Gasteiger partial charge in [-0.1, -0.05) is 50.1 Å². The smallest absolute Gasteiger partial charge is 0.309 e. The highest BCUT2D eigenvalue weighted by Crippen LogP contribution is 2.43. The van der Waals surface area contributed by atoms with Gasteiger partial charge in [-0.15, -0.1) is 0 Å². The molecule has 0 heterocycles. The summed E-state index contributed by atoms with van der Waals surface area (Å²) in [4.78, 5) is 11.2. The molecule has 17 heavy (non-hydrogen) atoms. The summed E-state index contributed by atoms with van der Waals surface area (Å²) < 4.78 is 0. The van der Waals surface area contributed by atoms with E-state index in [1.54, 1.807) is 0 Å². The minimum atomic E-state index is -0.629. The molecule has 0 bridgehead atoms. The summed E-state index contributed by atoms with van der Waals surface area (Å²) in [6.45, 7) is 6.04. The largest absolute Gasteiger partial charge is 0.481 e. The fourth-order valence-corrected chi connectivity index (χ4v) is 2.28. The van der Waals surface area contributed by atoms with E-state index in [9.17, 15) is 9.90 Å². The van der Waals surface area contributed by atoms with Gasteiger partial charge in [-0.25, -0.2) is 0 Å². The number of carboxylic acid groups (broad SMARTS) is 1. The first kappa shape index (κ1) is 13.8. The Morgan fingerprint density at radius 3 is 2.41 bits per heavy atom. The van der Waals surface area contributed by atoms with Gasteiger partial charge in [0.25, 0.3) is 0 Å². The Balaban J connectivity index is 0.000000686. The predicted octanol–water partition coefficient (Wildman–Crippen LogP) is 3.82. The highest BCUT2D eigenvalue weighted by Gasteiger charge is 2.44. The topological polar surface area (TPSA) is 37.3 Å². The molecule has 1 N–H and O–H groups in total. The van der Waals surface area contributed by atoms with Crippen molar-refractivity contribution in [3.05, 3.63) is 35.4 Å². The van der Waals surface area contributed by atoms with Gasteiger partial charge in [-0.3, -0.25) is 4.79 Å². The van der Waals surface area contributed by atoms with E-state index in [1.807, 2.05) is 39.0 Å². The van der Waals surface area contributed by atoms with E-state index in [-0.39, 0.29) is 0 Å². The number of rotatable bonds is 3. The Morgan fingerprint density at radius 2 is 2.00 bits per heavy atom. The zero-order chi connectivity index (χ0) is 12.9. The summed E-state index contributed by atoms with van der Waals surface area (Å²) in [5, 5.41) is 9.21. The number of aryl methyl sites for hydroxylation is 1. The SMILES string of the molecule is CC.Cc1cccc(CC2(C(=O)O)CCC2)c1. The zero-order valence-corrected chi connectivity index (χ0v) is 11.0. The van der Waals surface area contributed by atoms with Gasteiger partial charge in [0.15, 0.2) is 0 Å². The monoisotopic (exact) mass is 234 g/mol. The number of carboxylic acids is 1. The molecule has 1 aliphatic rings. The van der Waals surface area contributed by atoms with Gasteiger partial charge >= 0.3 is 5.97 Å². The number of carbonyl (C=O) groups is 1. The van der Waals surface area contributed by atoms with E-state index >= 15 is 0 Å². The van der Waals surface area contributed by atoms with Gasteiger partial charge in [-0.05, 0) is 31.7 Å². The third-order valence-corrected chi connectivity index (χ3v) is 3.39. The Bertz CT molecular complexity index is 378. The second-order valence-corrected chi connectivity index (χ2v) is 4.60. The molecule has 0 atom stereocenters. The molecule has 94 valence electrons. The summed E-state index contributed by atoms with van der Waals surface area (Å²) >= 11 is 0. The lowest BCUT2D eigenvalue weighted by molar-refractivity contribution is -0.154. The third-order valence-electron chi connectivity index (χ3n) is 3.39. The van der Waals surface area contributed by atoms with Gasteiger partial charge in [0.05, 0.1) is 5.41 Å². The quantitative estimate of drug-likeness (QED) is 0.863. The molecule has 1 fully saturated rings. The van der Waals surface area contributed by atoms with Crippen LogP contribution in [0, 0.1) is 12.3 Å². The molecule has 0 aliphatic heterocycles. The van der Waals surface area contributed by atoms with E-state index in [4.69, 9.17) is 0 Å². The summed E-state index contributed by atoms with van der Waals surface area (Å²) in [5.74, 6) is -0.629. The average Bonchev–Trinajstić information content (AvgIpc) is 2.26. The van der Waals surface area contributed by atoms with Crippen LogP contribution >= 0.6 is 0 Å². The molecule has 0 aromatic heterocycles. The molecule has 1 aromatic carbocycles. The summed E-state index contributed by atoms with van der Waals surface area (Å²) in [7, 11) is 0. The van der Waals surface area contributed by atoms with E-state index in [0.29, 0.717) is 6.42 Å². The van der Waals surface area contributed by atoms with Crippen molar-refractivity contribution in [2.24, 2.45) is 5.41 Å². The van der Waals surface area contributed by atoms with Crippen LogP contribution in [0.4, 0.5) is 0 Å². The molecule has 0 saturated heterocycles. The first-order valence-electron chi connectivity index (χ1n) is 6.41. The highest BCUT2D eigenvalue weighted by atomic mass is 16.4. The van der Waals surface area contributed by atoms with Gasteiger partial charge in [-0.2, -0.15) is 0 Å². The fourth-order valence-electron chi connectivity index (χ4n) is 2.28. The lowest BCUT2D eigenvalue weighted by atomic mass is 9.65. The highest BCUT2D eigenvalue weighted by molar-refractivity contribution is 5.76. The van der Waals surface area contributed by atoms with Crippen molar-refractivity contribution in [1.82, 2.24) is 0 Å². The van der Waals surface area contributed by atoms with E-state index in [1.165, 1.54) is 5.56 Å². The third kappa shape index (κ3) is 3.09. The molecule has 1 aliphatic carbocycles. The molecule has 2 rings (SSSR count). The minimum absolute atomic E-state index is 0.464. The van der Waals surface area contributed by atoms with Crippen molar-refractivity contribution in [3.63, 3.8) is 0 Å². The van der Waals surface area contributed by atoms with Crippen LogP contribution in [-0.2, 0) is 11.2 Å². The zero-order valence-electron chi connectivity index (χ0n) is 11.0. The molecule has 0 amide bonds. The fraction of sp³-hybridized carbons (Fsp3) is 0.533. The summed E-state index contributed by atoms with van der Waals surface area (Å²) in [6, 6.07) is 8.15. The molecule has 0 radical (unpaired) electrons. The normalized spacial score (nSPS) is 16.4. The second kappa shape index (κ2) is 5.85. The van der Waals surface area contributed by atoms with Crippen molar-refractivity contribution in [1.29, 1.82) is 0 Å². The van der Waals surface area contributed by atoms with Crippen LogP contribution in [0.2, 0.25) is 0 Å². The Hall–Kier alpha value is -1.31.